The van der Waals surface area contributed by atoms with E-state index in [1.54, 1.807) is 11.3 Å². The van der Waals surface area contributed by atoms with E-state index in [2.05, 4.69) is 35.9 Å². The monoisotopic (exact) mass is 503 g/mol. The molecule has 4 aromatic rings. The van der Waals surface area contributed by atoms with Crippen LogP contribution in [-0.2, 0) is 6.42 Å². The number of ether oxygens (including phenoxy) is 1. The van der Waals surface area contributed by atoms with E-state index in [0.717, 1.165) is 57.9 Å². The number of aromatic amines is 1. The predicted molar refractivity (Wildman–Crippen MR) is 138 cm³/mol. The molecule has 0 atom stereocenters. The lowest BCUT2D eigenvalue weighted by atomic mass is 10.1. The van der Waals surface area contributed by atoms with E-state index in [4.69, 9.17) is 31.3 Å². The third kappa shape index (κ3) is 5.42. The third-order valence-electron chi connectivity index (χ3n) is 5.49. The first kappa shape index (κ1) is 23.8. The zero-order chi connectivity index (χ0) is 22.1. The summed E-state index contributed by atoms with van der Waals surface area (Å²) in [7, 11) is 0. The van der Waals surface area contributed by atoms with E-state index in [1.165, 1.54) is 12.8 Å². The van der Waals surface area contributed by atoms with E-state index in [9.17, 15) is 0 Å². The van der Waals surface area contributed by atoms with Gasteiger partial charge in [0.05, 0.1) is 17.1 Å². The zero-order valence-corrected chi connectivity index (χ0v) is 21.1. The molecule has 3 aromatic heterocycles. The minimum atomic E-state index is 0. The van der Waals surface area contributed by atoms with Crippen molar-refractivity contribution in [1.29, 1.82) is 0 Å². The standard InChI is InChI=1S/C24H26ClN5OS.ClH/c1-15(2)13-31-20-7-5-17(25)11-16(20)12-22-26-19(14-32-22)24-27-18-6-8-21(28-23(18)29-24)30-9-3-4-10-30;/h5-8,11,14-15H,3-4,9-10,12-13H2,1-2H3,(H,27,28,29);1H. The first-order valence-electron chi connectivity index (χ1n) is 11.0. The van der Waals surface area contributed by atoms with Crippen LogP contribution in [0.3, 0.4) is 0 Å². The minimum absolute atomic E-state index is 0. The average molecular weight is 504 g/mol. The summed E-state index contributed by atoms with van der Waals surface area (Å²) in [6.45, 7) is 7.08. The maximum atomic E-state index is 6.25. The van der Waals surface area contributed by atoms with Crippen molar-refractivity contribution in [3.8, 4) is 17.3 Å². The highest BCUT2D eigenvalue weighted by atomic mass is 35.5. The summed E-state index contributed by atoms with van der Waals surface area (Å²) in [4.78, 5) is 20.0. The largest absolute Gasteiger partial charge is 0.493 e. The lowest BCUT2D eigenvalue weighted by Gasteiger charge is -2.15. The van der Waals surface area contributed by atoms with E-state index in [-0.39, 0.29) is 12.4 Å². The molecule has 0 spiro atoms. The second-order valence-corrected chi connectivity index (χ2v) is 9.96. The second kappa shape index (κ2) is 10.3. The van der Waals surface area contributed by atoms with E-state index >= 15 is 0 Å². The third-order valence-corrected chi connectivity index (χ3v) is 6.58. The summed E-state index contributed by atoms with van der Waals surface area (Å²) in [5.41, 5.74) is 3.54. The highest BCUT2D eigenvalue weighted by molar-refractivity contribution is 7.10. The van der Waals surface area contributed by atoms with Crippen LogP contribution < -0.4 is 9.64 Å². The van der Waals surface area contributed by atoms with Crippen LogP contribution in [0.5, 0.6) is 5.75 Å². The number of nitrogens with one attached hydrogen (secondary N) is 1. The molecule has 9 heteroatoms. The van der Waals surface area contributed by atoms with Crippen LogP contribution in [0.4, 0.5) is 5.82 Å². The molecule has 174 valence electrons. The maximum absolute atomic E-state index is 6.25. The average Bonchev–Trinajstić information content (AvgIpc) is 3.52. The van der Waals surface area contributed by atoms with Crippen molar-refractivity contribution >= 4 is 52.3 Å². The van der Waals surface area contributed by atoms with E-state index in [1.807, 2.05) is 23.6 Å². The number of thiazole rings is 1. The number of benzene rings is 1. The zero-order valence-electron chi connectivity index (χ0n) is 18.7. The highest BCUT2D eigenvalue weighted by Gasteiger charge is 2.16. The van der Waals surface area contributed by atoms with E-state index < -0.39 is 0 Å². The number of pyridine rings is 1. The molecular formula is C24H27Cl2N5OS. The van der Waals surface area contributed by atoms with Gasteiger partial charge in [0, 0.05) is 35.5 Å². The first-order valence-corrected chi connectivity index (χ1v) is 12.3. The molecule has 0 radical (unpaired) electrons. The van der Waals surface area contributed by atoms with Gasteiger partial charge in [-0.1, -0.05) is 25.4 Å². The van der Waals surface area contributed by atoms with Crippen molar-refractivity contribution in [2.75, 3.05) is 24.6 Å². The Balaban J connectivity index is 0.00000259. The number of fused-ring (bicyclic) bond motifs is 1. The van der Waals surface area contributed by atoms with Crippen molar-refractivity contribution in [2.45, 2.75) is 33.1 Å². The smallest absolute Gasteiger partial charge is 0.180 e. The van der Waals surface area contributed by atoms with Crippen molar-refractivity contribution in [1.82, 2.24) is 19.9 Å². The molecule has 0 unspecified atom stereocenters. The van der Waals surface area contributed by atoms with Gasteiger partial charge in [-0.25, -0.2) is 15.0 Å². The lowest BCUT2D eigenvalue weighted by molar-refractivity contribution is 0.269. The second-order valence-electron chi connectivity index (χ2n) is 8.58. The van der Waals surface area contributed by atoms with Crippen LogP contribution in [0.1, 0.15) is 37.3 Å². The number of anilines is 1. The van der Waals surface area contributed by atoms with Gasteiger partial charge in [0.15, 0.2) is 11.5 Å². The molecular weight excluding hydrogens is 477 g/mol. The van der Waals surface area contributed by atoms with Crippen LogP contribution in [0.15, 0.2) is 35.7 Å². The van der Waals surface area contributed by atoms with Crippen LogP contribution >= 0.6 is 35.3 Å². The molecule has 6 nitrogen and oxygen atoms in total. The molecule has 0 bridgehead atoms. The van der Waals surface area contributed by atoms with E-state index in [0.29, 0.717) is 24.0 Å². The molecule has 4 heterocycles. The Kier molecular flexibility index (Phi) is 7.41. The summed E-state index contributed by atoms with van der Waals surface area (Å²) in [5, 5.41) is 3.72. The molecule has 1 aromatic carbocycles. The fourth-order valence-electron chi connectivity index (χ4n) is 3.87. The summed E-state index contributed by atoms with van der Waals surface area (Å²) in [6.07, 6.45) is 3.12. The SMILES string of the molecule is CC(C)COc1ccc(Cl)cc1Cc1nc(-c2nc3nc(N4CCCC4)ccc3[nH]2)cs1.Cl. The maximum Gasteiger partial charge on any atom is 0.180 e. The van der Waals surface area contributed by atoms with Crippen molar-refractivity contribution in [3.63, 3.8) is 0 Å². The first-order chi connectivity index (χ1) is 15.5. The molecule has 1 N–H and O–H groups in total. The van der Waals surface area contributed by atoms with Gasteiger partial charge < -0.3 is 14.6 Å². The van der Waals surface area contributed by atoms with Gasteiger partial charge in [-0.05, 0) is 49.1 Å². The fourth-order valence-corrected chi connectivity index (χ4v) is 4.87. The van der Waals surface area contributed by atoms with Crippen molar-refractivity contribution < 1.29 is 4.74 Å². The predicted octanol–water partition coefficient (Wildman–Crippen LogP) is 6.38. The number of nitrogens with zero attached hydrogens (tertiary/aromatic N) is 4. The van der Waals surface area contributed by atoms with Gasteiger partial charge in [-0.2, -0.15) is 0 Å². The molecule has 0 aliphatic carbocycles. The molecule has 1 aliphatic heterocycles. The molecule has 0 amide bonds. The summed E-state index contributed by atoms with van der Waals surface area (Å²) in [5.74, 6) is 3.07. The number of hydrogen-bond donors (Lipinski definition) is 1. The molecule has 1 saturated heterocycles. The Morgan fingerprint density at radius 1 is 1.12 bits per heavy atom. The molecule has 33 heavy (non-hydrogen) atoms. The minimum Gasteiger partial charge on any atom is -0.493 e. The quantitative estimate of drug-likeness (QED) is 0.316. The summed E-state index contributed by atoms with van der Waals surface area (Å²) in [6, 6.07) is 9.90. The van der Waals surface area contributed by atoms with Crippen molar-refractivity contribution in [2.24, 2.45) is 5.92 Å². The van der Waals surface area contributed by atoms with Gasteiger partial charge in [0.25, 0.3) is 0 Å². The summed E-state index contributed by atoms with van der Waals surface area (Å²) < 4.78 is 6.00. The molecule has 5 rings (SSSR count). The normalized spacial score (nSPS) is 13.6. The lowest BCUT2D eigenvalue weighted by Crippen LogP contribution is -2.18. The molecule has 1 fully saturated rings. The fraction of sp³-hybridized carbons (Fsp3) is 0.375. The van der Waals surface area contributed by atoms with Gasteiger partial charge in [-0.3, -0.25) is 0 Å². The molecule has 0 saturated carbocycles. The Morgan fingerprint density at radius 2 is 1.94 bits per heavy atom. The Morgan fingerprint density at radius 3 is 2.73 bits per heavy atom. The number of H-pyrrole nitrogens is 1. The number of hydrogen-bond acceptors (Lipinski definition) is 6. The number of aromatic nitrogens is 4. The van der Waals surface area contributed by atoms with Crippen LogP contribution in [0, 0.1) is 5.92 Å². The van der Waals surface area contributed by atoms with Gasteiger partial charge in [0.2, 0.25) is 0 Å². The van der Waals surface area contributed by atoms with Crippen LogP contribution in [0.2, 0.25) is 5.02 Å². The highest BCUT2D eigenvalue weighted by Crippen LogP contribution is 2.29. The number of halogens is 2. The van der Waals surface area contributed by atoms with Gasteiger partial charge >= 0.3 is 0 Å². The van der Waals surface area contributed by atoms with Gasteiger partial charge in [-0.15, -0.1) is 23.7 Å². The van der Waals surface area contributed by atoms with Gasteiger partial charge in [0.1, 0.15) is 17.3 Å². The number of imidazole rings is 1. The van der Waals surface area contributed by atoms with Crippen molar-refractivity contribution in [3.05, 3.63) is 51.3 Å². The Labute approximate surface area is 208 Å². The number of rotatable bonds is 7. The Hall–Kier alpha value is -2.35. The topological polar surface area (TPSA) is 66.9 Å². The summed E-state index contributed by atoms with van der Waals surface area (Å²) >= 11 is 7.87. The van der Waals surface area contributed by atoms with Crippen LogP contribution in [0.25, 0.3) is 22.7 Å². The van der Waals surface area contributed by atoms with Crippen LogP contribution in [-0.4, -0.2) is 39.6 Å². The molecule has 1 aliphatic rings. The Bertz CT molecular complexity index is 1230.